The van der Waals surface area contributed by atoms with Gasteiger partial charge in [-0.05, 0) is 72.3 Å². The summed E-state index contributed by atoms with van der Waals surface area (Å²) < 4.78 is 27.2. The molecule has 0 radical (unpaired) electrons. The fourth-order valence-electron chi connectivity index (χ4n) is 2.30. The van der Waals surface area contributed by atoms with Gasteiger partial charge in [-0.15, -0.1) is 0 Å². The van der Waals surface area contributed by atoms with E-state index in [1.807, 2.05) is 38.0 Å². The molecule has 0 aliphatic rings. The predicted molar refractivity (Wildman–Crippen MR) is 88.6 cm³/mol. The van der Waals surface area contributed by atoms with E-state index in [0.29, 0.717) is 13.1 Å². The van der Waals surface area contributed by atoms with Gasteiger partial charge in [-0.1, -0.05) is 0 Å². The average molecular weight is 327 g/mol. The zero-order valence-corrected chi connectivity index (χ0v) is 14.5. The van der Waals surface area contributed by atoms with Crippen LogP contribution in [0.3, 0.4) is 0 Å². The molecule has 0 saturated carbocycles. The summed E-state index contributed by atoms with van der Waals surface area (Å²) >= 11 is 0. The molecule has 1 aromatic rings. The number of hydrogen-bond acceptors (Lipinski definition) is 3. The highest BCUT2D eigenvalue weighted by molar-refractivity contribution is 5.94. The Kier molecular flexibility index (Phi) is 8.12. The van der Waals surface area contributed by atoms with Crippen LogP contribution in [0.15, 0.2) is 18.2 Å². The van der Waals surface area contributed by atoms with Gasteiger partial charge >= 0.3 is 0 Å². The molecule has 0 N–H and O–H groups in total. The van der Waals surface area contributed by atoms with E-state index in [1.165, 1.54) is 0 Å². The van der Waals surface area contributed by atoms with Crippen molar-refractivity contribution < 1.29 is 13.6 Å². The van der Waals surface area contributed by atoms with Gasteiger partial charge in [0.05, 0.1) is 5.56 Å². The second kappa shape index (κ2) is 9.57. The molecule has 130 valence electrons. The number of amides is 1. The maximum absolute atomic E-state index is 13.9. The molecule has 0 aliphatic carbocycles. The van der Waals surface area contributed by atoms with Crippen LogP contribution in [0, 0.1) is 11.6 Å². The molecular formula is C17H27F2N3O. The molecule has 0 aliphatic heterocycles. The summed E-state index contributed by atoms with van der Waals surface area (Å²) in [4.78, 5) is 18.2. The standard InChI is InChI=1S/C17H27F2N3O/c1-20(2)9-5-11-22(12-6-10-21(3)4)17(23)15-13-14(18)7-8-16(15)19/h7-8,13H,5-6,9-12H2,1-4H3. The first-order valence-corrected chi connectivity index (χ1v) is 7.85. The third-order valence-corrected chi connectivity index (χ3v) is 3.51. The maximum atomic E-state index is 13.9. The molecule has 0 atom stereocenters. The van der Waals surface area contributed by atoms with Gasteiger partial charge in [-0.3, -0.25) is 4.79 Å². The SMILES string of the molecule is CN(C)CCCN(CCCN(C)C)C(=O)c1cc(F)ccc1F. The molecule has 0 spiro atoms. The van der Waals surface area contributed by atoms with Gasteiger partial charge in [-0.25, -0.2) is 8.78 Å². The van der Waals surface area contributed by atoms with Crippen molar-refractivity contribution in [2.24, 2.45) is 0 Å². The first kappa shape index (κ1) is 19.5. The summed E-state index contributed by atoms with van der Waals surface area (Å²) in [6, 6.07) is 3.00. The smallest absolute Gasteiger partial charge is 0.256 e. The third kappa shape index (κ3) is 7.05. The minimum absolute atomic E-state index is 0.195. The summed E-state index contributed by atoms with van der Waals surface area (Å²) in [6.07, 6.45) is 1.58. The second-order valence-corrected chi connectivity index (χ2v) is 6.23. The molecular weight excluding hydrogens is 300 g/mol. The van der Waals surface area contributed by atoms with Crippen LogP contribution in [0.4, 0.5) is 8.78 Å². The van der Waals surface area contributed by atoms with E-state index in [0.717, 1.165) is 44.1 Å². The van der Waals surface area contributed by atoms with Crippen molar-refractivity contribution in [1.29, 1.82) is 0 Å². The lowest BCUT2D eigenvalue weighted by Crippen LogP contribution is -2.36. The molecule has 0 bridgehead atoms. The Balaban J connectivity index is 2.79. The number of halogens is 2. The van der Waals surface area contributed by atoms with Crippen LogP contribution in [0.25, 0.3) is 0 Å². The molecule has 4 nitrogen and oxygen atoms in total. The van der Waals surface area contributed by atoms with Crippen LogP contribution in [-0.4, -0.2) is 75.0 Å². The van der Waals surface area contributed by atoms with Gasteiger partial charge in [0.15, 0.2) is 0 Å². The number of benzene rings is 1. The van der Waals surface area contributed by atoms with Crippen molar-refractivity contribution in [2.45, 2.75) is 12.8 Å². The molecule has 1 aromatic carbocycles. The number of rotatable bonds is 9. The molecule has 0 aromatic heterocycles. The highest BCUT2D eigenvalue weighted by Gasteiger charge is 2.19. The Labute approximate surface area is 137 Å². The van der Waals surface area contributed by atoms with E-state index < -0.39 is 17.5 Å². The molecule has 0 saturated heterocycles. The normalized spacial score (nSPS) is 11.3. The number of carbonyl (C=O) groups excluding carboxylic acids is 1. The summed E-state index contributed by atoms with van der Waals surface area (Å²) in [5.74, 6) is -1.72. The van der Waals surface area contributed by atoms with E-state index in [4.69, 9.17) is 0 Å². The lowest BCUT2D eigenvalue weighted by atomic mass is 10.1. The highest BCUT2D eigenvalue weighted by atomic mass is 19.1. The van der Waals surface area contributed by atoms with E-state index in [9.17, 15) is 13.6 Å². The summed E-state index contributed by atoms with van der Waals surface area (Å²) in [5.41, 5.74) is -0.195. The molecule has 23 heavy (non-hydrogen) atoms. The monoisotopic (exact) mass is 327 g/mol. The van der Waals surface area contributed by atoms with Crippen LogP contribution in [0.1, 0.15) is 23.2 Å². The van der Waals surface area contributed by atoms with Crippen molar-refractivity contribution in [3.63, 3.8) is 0 Å². The molecule has 0 heterocycles. The van der Waals surface area contributed by atoms with Crippen molar-refractivity contribution in [3.05, 3.63) is 35.4 Å². The zero-order valence-electron chi connectivity index (χ0n) is 14.5. The first-order chi connectivity index (χ1) is 10.8. The summed E-state index contributed by atoms with van der Waals surface area (Å²) in [7, 11) is 7.85. The minimum atomic E-state index is -0.679. The van der Waals surface area contributed by atoms with Crippen LogP contribution in [0.5, 0.6) is 0 Å². The second-order valence-electron chi connectivity index (χ2n) is 6.23. The Hall–Kier alpha value is -1.53. The quantitative estimate of drug-likeness (QED) is 0.696. The number of carbonyl (C=O) groups is 1. The fourth-order valence-corrected chi connectivity index (χ4v) is 2.30. The fraction of sp³-hybridized carbons (Fsp3) is 0.588. The van der Waals surface area contributed by atoms with Gasteiger partial charge in [0.2, 0.25) is 0 Å². The molecule has 0 fully saturated rings. The molecule has 6 heteroatoms. The van der Waals surface area contributed by atoms with Gasteiger partial charge in [0, 0.05) is 13.1 Å². The van der Waals surface area contributed by atoms with Gasteiger partial charge in [0.1, 0.15) is 11.6 Å². The van der Waals surface area contributed by atoms with Gasteiger partial charge in [0.25, 0.3) is 5.91 Å². The third-order valence-electron chi connectivity index (χ3n) is 3.51. The van der Waals surface area contributed by atoms with Crippen LogP contribution in [0.2, 0.25) is 0 Å². The van der Waals surface area contributed by atoms with Gasteiger partial charge in [-0.2, -0.15) is 0 Å². The molecule has 1 amide bonds. The van der Waals surface area contributed by atoms with Crippen molar-refractivity contribution in [2.75, 3.05) is 54.4 Å². The first-order valence-electron chi connectivity index (χ1n) is 7.85. The molecule has 0 unspecified atom stereocenters. The van der Waals surface area contributed by atoms with Crippen molar-refractivity contribution in [1.82, 2.24) is 14.7 Å². The number of hydrogen-bond donors (Lipinski definition) is 0. The van der Waals surface area contributed by atoms with Crippen molar-refractivity contribution >= 4 is 5.91 Å². The summed E-state index contributed by atoms with van der Waals surface area (Å²) in [5, 5.41) is 0. The van der Waals surface area contributed by atoms with E-state index in [1.54, 1.807) is 4.90 Å². The zero-order chi connectivity index (χ0) is 17.4. The average Bonchev–Trinajstić information content (AvgIpc) is 2.47. The van der Waals surface area contributed by atoms with E-state index in [2.05, 4.69) is 0 Å². The lowest BCUT2D eigenvalue weighted by Gasteiger charge is -2.24. The predicted octanol–water partition coefficient (Wildman–Crippen LogP) is 2.31. The van der Waals surface area contributed by atoms with Crippen molar-refractivity contribution in [3.8, 4) is 0 Å². The lowest BCUT2D eigenvalue weighted by molar-refractivity contribution is 0.0739. The Bertz CT molecular complexity index is 493. The number of nitrogens with zero attached hydrogens (tertiary/aromatic N) is 3. The Morgan fingerprint density at radius 3 is 1.91 bits per heavy atom. The Morgan fingerprint density at radius 2 is 1.43 bits per heavy atom. The highest BCUT2D eigenvalue weighted by Crippen LogP contribution is 2.13. The Morgan fingerprint density at radius 1 is 0.913 bits per heavy atom. The minimum Gasteiger partial charge on any atom is -0.338 e. The topological polar surface area (TPSA) is 26.8 Å². The maximum Gasteiger partial charge on any atom is 0.256 e. The largest absolute Gasteiger partial charge is 0.338 e. The summed E-state index contributed by atoms with van der Waals surface area (Å²) in [6.45, 7) is 2.73. The van der Waals surface area contributed by atoms with Crippen LogP contribution >= 0.6 is 0 Å². The van der Waals surface area contributed by atoms with Crippen LogP contribution in [-0.2, 0) is 0 Å². The van der Waals surface area contributed by atoms with Crippen LogP contribution < -0.4 is 0 Å². The van der Waals surface area contributed by atoms with E-state index >= 15 is 0 Å². The van der Waals surface area contributed by atoms with E-state index in [-0.39, 0.29) is 5.56 Å². The molecule has 1 rings (SSSR count). The van der Waals surface area contributed by atoms with Gasteiger partial charge < -0.3 is 14.7 Å².